The molecule has 0 atom stereocenters. The number of sulfonamides is 1. The van der Waals surface area contributed by atoms with Crippen LogP contribution in [0.2, 0.25) is 0 Å². The first-order valence-electron chi connectivity index (χ1n) is 7.98. The van der Waals surface area contributed by atoms with E-state index >= 15 is 0 Å². The van der Waals surface area contributed by atoms with Crippen LogP contribution in [0.4, 0.5) is 0 Å². The lowest BCUT2D eigenvalue weighted by atomic mass is 10.2. The Morgan fingerprint density at radius 2 is 1.68 bits per heavy atom. The molecule has 0 fully saturated rings. The average molecular weight is 379 g/mol. The number of hydrogen-bond donors (Lipinski definition) is 2. The highest BCUT2D eigenvalue weighted by Gasteiger charge is 2.13. The van der Waals surface area contributed by atoms with E-state index < -0.39 is 10.0 Å². The highest BCUT2D eigenvalue weighted by atomic mass is 32.2. The second-order valence-corrected chi connectivity index (χ2v) is 8.41. The minimum atomic E-state index is -3.57. The predicted molar refractivity (Wildman–Crippen MR) is 101 cm³/mol. The van der Waals surface area contributed by atoms with Gasteiger partial charge in [-0.15, -0.1) is 11.8 Å². The molecule has 0 spiro atoms. The molecule has 2 aromatic rings. The summed E-state index contributed by atoms with van der Waals surface area (Å²) in [6.45, 7) is 2.52. The van der Waals surface area contributed by atoms with Crippen molar-refractivity contribution in [3.05, 3.63) is 60.2 Å². The molecule has 2 N–H and O–H groups in total. The molecule has 5 nitrogen and oxygen atoms in total. The van der Waals surface area contributed by atoms with Crippen molar-refractivity contribution in [1.29, 1.82) is 0 Å². The van der Waals surface area contributed by atoms with Gasteiger partial charge in [0.25, 0.3) is 0 Å². The van der Waals surface area contributed by atoms with Gasteiger partial charge >= 0.3 is 0 Å². The lowest BCUT2D eigenvalue weighted by Crippen LogP contribution is -2.31. The van der Waals surface area contributed by atoms with Gasteiger partial charge in [0, 0.05) is 30.2 Å². The fourth-order valence-corrected chi connectivity index (χ4v) is 3.89. The van der Waals surface area contributed by atoms with Crippen LogP contribution in [0.3, 0.4) is 0 Å². The van der Waals surface area contributed by atoms with E-state index in [1.54, 1.807) is 36.0 Å². The summed E-state index contributed by atoms with van der Waals surface area (Å²) < 4.78 is 26.6. The summed E-state index contributed by atoms with van der Waals surface area (Å²) in [6, 6.07) is 16.5. The molecule has 0 saturated heterocycles. The van der Waals surface area contributed by atoms with Crippen molar-refractivity contribution in [1.82, 2.24) is 10.0 Å². The van der Waals surface area contributed by atoms with Gasteiger partial charge in [0.05, 0.1) is 4.90 Å². The molecule has 1 amide bonds. The molecule has 0 unspecified atom stereocenters. The summed E-state index contributed by atoms with van der Waals surface area (Å²) in [7, 11) is -3.57. The Morgan fingerprint density at radius 1 is 1.00 bits per heavy atom. The highest BCUT2D eigenvalue weighted by molar-refractivity contribution is 7.99. The van der Waals surface area contributed by atoms with Gasteiger partial charge in [-0.1, -0.05) is 35.9 Å². The fourth-order valence-electron chi connectivity index (χ4n) is 2.06. The zero-order chi connectivity index (χ0) is 18.1. The molecule has 0 aliphatic rings. The van der Waals surface area contributed by atoms with Crippen LogP contribution in [-0.4, -0.2) is 33.2 Å². The van der Waals surface area contributed by atoms with E-state index in [1.165, 1.54) is 0 Å². The van der Waals surface area contributed by atoms with E-state index in [-0.39, 0.29) is 23.8 Å². The maximum atomic E-state index is 12.1. The minimum absolute atomic E-state index is 0.0773. The lowest BCUT2D eigenvalue weighted by Gasteiger charge is -2.08. The van der Waals surface area contributed by atoms with Gasteiger partial charge in [0.1, 0.15) is 0 Å². The summed E-state index contributed by atoms with van der Waals surface area (Å²) in [5, 5.41) is 2.79. The number of thioether (sulfide) groups is 1. The molecule has 0 aromatic heterocycles. The summed E-state index contributed by atoms with van der Waals surface area (Å²) in [5.41, 5.74) is 0.992. The Bertz CT molecular complexity index is 776. The summed E-state index contributed by atoms with van der Waals surface area (Å²) in [6.07, 6.45) is 0.112. The van der Waals surface area contributed by atoms with Crippen LogP contribution >= 0.6 is 11.8 Å². The van der Waals surface area contributed by atoms with Gasteiger partial charge in [0.2, 0.25) is 15.9 Å². The van der Waals surface area contributed by atoms with Crippen LogP contribution in [0.25, 0.3) is 0 Å². The molecule has 7 heteroatoms. The van der Waals surface area contributed by atoms with Crippen LogP contribution in [0.1, 0.15) is 12.0 Å². The van der Waals surface area contributed by atoms with Crippen LogP contribution in [0.15, 0.2) is 64.4 Å². The normalized spacial score (nSPS) is 11.2. The Kier molecular flexibility index (Phi) is 7.49. The number of carbonyl (C=O) groups excluding carboxylic acids is 1. The maximum absolute atomic E-state index is 12.1. The van der Waals surface area contributed by atoms with Crippen molar-refractivity contribution in [2.45, 2.75) is 23.1 Å². The molecular formula is C18H22N2O3S2. The van der Waals surface area contributed by atoms with E-state index in [0.717, 1.165) is 16.2 Å². The molecular weight excluding hydrogens is 356 g/mol. The monoisotopic (exact) mass is 378 g/mol. The zero-order valence-corrected chi connectivity index (χ0v) is 15.7. The zero-order valence-electron chi connectivity index (χ0n) is 14.1. The van der Waals surface area contributed by atoms with Crippen LogP contribution in [0.5, 0.6) is 0 Å². The number of carbonyl (C=O) groups is 1. The summed E-state index contributed by atoms with van der Waals surface area (Å²) in [5.74, 6) is 0.602. The summed E-state index contributed by atoms with van der Waals surface area (Å²) >= 11 is 1.66. The van der Waals surface area contributed by atoms with Crippen molar-refractivity contribution in [2.24, 2.45) is 0 Å². The van der Waals surface area contributed by atoms with Crippen LogP contribution < -0.4 is 10.0 Å². The Morgan fingerprint density at radius 3 is 2.36 bits per heavy atom. The molecule has 25 heavy (non-hydrogen) atoms. The minimum Gasteiger partial charge on any atom is -0.355 e. The van der Waals surface area contributed by atoms with Crippen molar-refractivity contribution in [3.8, 4) is 0 Å². The molecule has 0 aliphatic heterocycles. The SMILES string of the molecule is Cc1ccc(S(=O)(=O)NCCC(=O)NCCSc2ccccc2)cc1. The van der Waals surface area contributed by atoms with Gasteiger partial charge < -0.3 is 5.32 Å². The second kappa shape index (κ2) is 9.60. The van der Waals surface area contributed by atoms with E-state index in [2.05, 4.69) is 10.0 Å². The predicted octanol–water partition coefficient (Wildman–Crippen LogP) is 2.57. The number of amides is 1. The third kappa shape index (κ3) is 6.89. The highest BCUT2D eigenvalue weighted by Crippen LogP contribution is 2.15. The van der Waals surface area contributed by atoms with Crippen LogP contribution in [-0.2, 0) is 14.8 Å². The first kappa shape index (κ1) is 19.5. The van der Waals surface area contributed by atoms with Crippen LogP contribution in [0, 0.1) is 6.92 Å². The van der Waals surface area contributed by atoms with E-state index in [9.17, 15) is 13.2 Å². The largest absolute Gasteiger partial charge is 0.355 e. The number of rotatable bonds is 9. The van der Waals surface area contributed by atoms with Crippen molar-refractivity contribution >= 4 is 27.7 Å². The van der Waals surface area contributed by atoms with Gasteiger partial charge in [-0.3, -0.25) is 4.79 Å². The Balaban J connectivity index is 1.65. The third-order valence-corrected chi connectivity index (χ3v) is 5.90. The number of aryl methyl sites for hydroxylation is 1. The molecule has 134 valence electrons. The second-order valence-electron chi connectivity index (χ2n) is 5.47. The quantitative estimate of drug-likeness (QED) is 0.519. The summed E-state index contributed by atoms with van der Waals surface area (Å²) in [4.78, 5) is 13.1. The van der Waals surface area contributed by atoms with Gasteiger partial charge in [0.15, 0.2) is 0 Å². The van der Waals surface area contributed by atoms with Crippen molar-refractivity contribution in [3.63, 3.8) is 0 Å². The Hall–Kier alpha value is -1.83. The fraction of sp³-hybridized carbons (Fsp3) is 0.278. The Labute approximate surface area is 153 Å². The van der Waals surface area contributed by atoms with Gasteiger partial charge in [-0.05, 0) is 31.2 Å². The smallest absolute Gasteiger partial charge is 0.240 e. The lowest BCUT2D eigenvalue weighted by molar-refractivity contribution is -0.120. The first-order valence-corrected chi connectivity index (χ1v) is 10.4. The van der Waals surface area contributed by atoms with E-state index in [0.29, 0.717) is 6.54 Å². The standard InChI is InChI=1S/C18H22N2O3S2/c1-15-7-9-17(10-8-15)25(22,23)20-12-11-18(21)19-13-14-24-16-5-3-2-4-6-16/h2-10,20H,11-14H2,1H3,(H,19,21). The van der Waals surface area contributed by atoms with Crippen molar-refractivity contribution < 1.29 is 13.2 Å². The van der Waals surface area contributed by atoms with E-state index in [1.807, 2.05) is 37.3 Å². The molecule has 2 rings (SSSR count). The maximum Gasteiger partial charge on any atom is 0.240 e. The molecule has 0 bridgehead atoms. The number of hydrogen-bond acceptors (Lipinski definition) is 4. The molecule has 2 aromatic carbocycles. The third-order valence-electron chi connectivity index (χ3n) is 3.41. The first-order chi connectivity index (χ1) is 12.0. The number of nitrogens with one attached hydrogen (secondary N) is 2. The average Bonchev–Trinajstić information content (AvgIpc) is 2.60. The van der Waals surface area contributed by atoms with Gasteiger partial charge in [-0.2, -0.15) is 0 Å². The number of benzene rings is 2. The van der Waals surface area contributed by atoms with E-state index in [4.69, 9.17) is 0 Å². The van der Waals surface area contributed by atoms with Crippen molar-refractivity contribution in [2.75, 3.05) is 18.8 Å². The van der Waals surface area contributed by atoms with Gasteiger partial charge in [-0.25, -0.2) is 13.1 Å². The molecule has 0 saturated carbocycles. The molecule has 0 heterocycles. The topological polar surface area (TPSA) is 75.3 Å². The molecule has 0 aliphatic carbocycles. The molecule has 0 radical (unpaired) electrons.